The van der Waals surface area contributed by atoms with Gasteiger partial charge in [0.15, 0.2) is 0 Å². The Hall–Kier alpha value is -0.290. The van der Waals surface area contributed by atoms with Gasteiger partial charge in [0.1, 0.15) is 6.79 Å². The Kier molecular flexibility index (Phi) is 7.88. The number of unbranched alkanes of at least 4 members (excludes halogenated alkanes) is 2. The predicted molar refractivity (Wildman–Crippen MR) is 88.0 cm³/mol. The molecule has 0 aromatic rings. The molecule has 0 spiro atoms. The Morgan fingerprint density at radius 2 is 2.15 bits per heavy atom. The number of thiocarbonyl (C=S) groups is 1. The smallest absolute Gasteiger partial charge is 0.147 e. The first-order valence-electron chi connectivity index (χ1n) is 7.69. The number of nitrogens with two attached hydrogens (primary N) is 1. The van der Waals surface area contributed by atoms with Crippen LogP contribution in [0.2, 0.25) is 0 Å². The van der Waals surface area contributed by atoms with Gasteiger partial charge in [-0.2, -0.15) is 0 Å². The van der Waals surface area contributed by atoms with E-state index in [9.17, 15) is 0 Å². The third kappa shape index (κ3) is 4.10. The van der Waals surface area contributed by atoms with Crippen LogP contribution in [-0.4, -0.2) is 30.9 Å². The van der Waals surface area contributed by atoms with Gasteiger partial charge in [-0.25, -0.2) is 0 Å². The molecule has 1 heterocycles. The average molecular weight is 299 g/mol. The molecule has 0 saturated carbocycles. The summed E-state index contributed by atoms with van der Waals surface area (Å²) in [7, 11) is 0. The van der Waals surface area contributed by atoms with Crippen LogP contribution in [0.5, 0.6) is 0 Å². The van der Waals surface area contributed by atoms with Crippen LogP contribution in [0.4, 0.5) is 0 Å². The molecule has 0 aromatic carbocycles. The topological polar surface area (TPSA) is 44.5 Å². The summed E-state index contributed by atoms with van der Waals surface area (Å²) < 4.78 is 11.5. The summed E-state index contributed by atoms with van der Waals surface area (Å²) in [5, 5.41) is 0. The van der Waals surface area contributed by atoms with Gasteiger partial charge in [0.25, 0.3) is 0 Å². The molecular weight excluding hydrogens is 270 g/mol. The summed E-state index contributed by atoms with van der Waals surface area (Å²) in [5.74, 6) is 0. The van der Waals surface area contributed by atoms with Crippen LogP contribution in [0.15, 0.2) is 11.6 Å². The molecule has 2 unspecified atom stereocenters. The van der Waals surface area contributed by atoms with Crippen molar-refractivity contribution in [3.05, 3.63) is 11.6 Å². The van der Waals surface area contributed by atoms with Crippen molar-refractivity contribution in [1.82, 2.24) is 0 Å². The van der Waals surface area contributed by atoms with E-state index in [1.54, 1.807) is 0 Å². The highest BCUT2D eigenvalue weighted by Gasteiger charge is 2.45. The fourth-order valence-electron chi connectivity index (χ4n) is 2.96. The molecule has 0 amide bonds. The van der Waals surface area contributed by atoms with E-state index >= 15 is 0 Å². The van der Waals surface area contributed by atoms with Crippen LogP contribution < -0.4 is 5.73 Å². The summed E-state index contributed by atoms with van der Waals surface area (Å²) in [6.07, 6.45) is 7.59. The maximum absolute atomic E-state index is 5.85. The Balaban J connectivity index is 2.89. The maximum Gasteiger partial charge on any atom is 0.147 e. The van der Waals surface area contributed by atoms with Crippen molar-refractivity contribution >= 4 is 17.1 Å². The van der Waals surface area contributed by atoms with E-state index in [1.165, 1.54) is 5.57 Å². The molecule has 1 saturated heterocycles. The first-order chi connectivity index (χ1) is 9.62. The number of hydrogen-bond acceptors (Lipinski definition) is 4. The van der Waals surface area contributed by atoms with Gasteiger partial charge in [0.2, 0.25) is 0 Å². The largest absolute Gasteiger partial charge is 0.354 e. The first kappa shape index (κ1) is 17.8. The number of ether oxygens (including phenoxy) is 2. The van der Waals surface area contributed by atoms with Gasteiger partial charge in [0, 0.05) is 4.86 Å². The quantitative estimate of drug-likeness (QED) is 0.422. The highest BCUT2D eigenvalue weighted by molar-refractivity contribution is 7.81. The third-order valence-corrected chi connectivity index (χ3v) is 5.00. The fourth-order valence-corrected chi connectivity index (χ4v) is 3.37. The summed E-state index contributed by atoms with van der Waals surface area (Å²) in [6, 6.07) is 0. The Morgan fingerprint density at radius 3 is 2.75 bits per heavy atom. The SMILES string of the molecule is CC=C(C)C(=S)C1(CCCCCN)COCOC1CC. The summed E-state index contributed by atoms with van der Waals surface area (Å²) in [5.41, 5.74) is 6.61. The van der Waals surface area contributed by atoms with E-state index in [-0.39, 0.29) is 11.5 Å². The lowest BCUT2D eigenvalue weighted by Gasteiger charge is -2.44. The van der Waals surface area contributed by atoms with Crippen molar-refractivity contribution in [2.24, 2.45) is 11.1 Å². The molecule has 1 rings (SSSR count). The van der Waals surface area contributed by atoms with Crippen LogP contribution in [0.25, 0.3) is 0 Å². The molecule has 1 aliphatic rings. The van der Waals surface area contributed by atoms with Crippen LogP contribution in [-0.2, 0) is 9.47 Å². The van der Waals surface area contributed by atoms with Gasteiger partial charge in [-0.3, -0.25) is 0 Å². The van der Waals surface area contributed by atoms with Gasteiger partial charge >= 0.3 is 0 Å². The average Bonchev–Trinajstić information content (AvgIpc) is 2.50. The molecule has 20 heavy (non-hydrogen) atoms. The van der Waals surface area contributed by atoms with Crippen LogP contribution in [0.3, 0.4) is 0 Å². The zero-order valence-corrected chi connectivity index (χ0v) is 13.9. The van der Waals surface area contributed by atoms with Crippen LogP contribution in [0.1, 0.15) is 52.9 Å². The van der Waals surface area contributed by atoms with E-state index in [1.807, 2.05) is 6.92 Å². The van der Waals surface area contributed by atoms with E-state index in [0.717, 1.165) is 43.5 Å². The molecular formula is C16H29NO2S. The number of hydrogen-bond donors (Lipinski definition) is 1. The van der Waals surface area contributed by atoms with Crippen molar-refractivity contribution in [2.45, 2.75) is 59.0 Å². The van der Waals surface area contributed by atoms with Crippen molar-refractivity contribution < 1.29 is 9.47 Å². The molecule has 0 aliphatic carbocycles. The highest BCUT2D eigenvalue weighted by Crippen LogP contribution is 2.40. The molecule has 2 atom stereocenters. The fraction of sp³-hybridized carbons (Fsp3) is 0.812. The standard InChI is InChI=1S/C16H29NO2S/c1-4-13(3)15(20)16(9-7-6-8-10-17)11-18-12-19-14(16)5-2/h4,14H,5-12,17H2,1-3H3. The van der Waals surface area contributed by atoms with Crippen molar-refractivity contribution in [3.63, 3.8) is 0 Å². The molecule has 2 N–H and O–H groups in total. The second kappa shape index (κ2) is 8.88. The van der Waals surface area contributed by atoms with Gasteiger partial charge in [0.05, 0.1) is 18.1 Å². The highest BCUT2D eigenvalue weighted by atomic mass is 32.1. The van der Waals surface area contributed by atoms with E-state index < -0.39 is 0 Å². The van der Waals surface area contributed by atoms with Gasteiger partial charge < -0.3 is 15.2 Å². The van der Waals surface area contributed by atoms with Crippen molar-refractivity contribution in [2.75, 3.05) is 19.9 Å². The number of rotatable bonds is 8. The van der Waals surface area contributed by atoms with E-state index in [0.29, 0.717) is 13.4 Å². The molecule has 4 heteroatoms. The molecule has 0 radical (unpaired) electrons. The van der Waals surface area contributed by atoms with Crippen molar-refractivity contribution in [1.29, 1.82) is 0 Å². The monoisotopic (exact) mass is 299 g/mol. The third-order valence-electron chi connectivity index (χ3n) is 4.27. The number of allylic oxidation sites excluding steroid dienone is 2. The van der Waals surface area contributed by atoms with Crippen LogP contribution in [0, 0.1) is 5.41 Å². The van der Waals surface area contributed by atoms with E-state index in [2.05, 4.69) is 19.9 Å². The Bertz CT molecular complexity index is 343. The molecule has 3 nitrogen and oxygen atoms in total. The zero-order chi connectivity index (χ0) is 15.0. The molecule has 1 aliphatic heterocycles. The minimum Gasteiger partial charge on any atom is -0.354 e. The molecule has 1 fully saturated rings. The summed E-state index contributed by atoms with van der Waals surface area (Å²) >= 11 is 5.78. The van der Waals surface area contributed by atoms with Gasteiger partial charge in [-0.05, 0) is 45.2 Å². The maximum atomic E-state index is 5.85. The lowest BCUT2D eigenvalue weighted by atomic mass is 9.72. The summed E-state index contributed by atoms with van der Waals surface area (Å²) in [6.45, 7) is 8.12. The second-order valence-electron chi connectivity index (χ2n) is 5.59. The Labute approximate surface area is 128 Å². The second-order valence-corrected chi connectivity index (χ2v) is 5.99. The Morgan fingerprint density at radius 1 is 1.40 bits per heavy atom. The summed E-state index contributed by atoms with van der Waals surface area (Å²) in [4.78, 5) is 1.01. The van der Waals surface area contributed by atoms with Gasteiger partial charge in [-0.1, -0.05) is 38.1 Å². The molecule has 0 bridgehead atoms. The van der Waals surface area contributed by atoms with Gasteiger partial charge in [-0.15, -0.1) is 0 Å². The van der Waals surface area contributed by atoms with Crippen LogP contribution >= 0.6 is 12.2 Å². The zero-order valence-electron chi connectivity index (χ0n) is 13.1. The minimum absolute atomic E-state index is 0.145. The van der Waals surface area contributed by atoms with Crippen molar-refractivity contribution in [3.8, 4) is 0 Å². The minimum atomic E-state index is -0.145. The lowest BCUT2D eigenvalue weighted by Crippen LogP contribution is -2.50. The normalized spacial score (nSPS) is 27.6. The van der Waals surface area contributed by atoms with E-state index in [4.69, 9.17) is 27.4 Å². The first-order valence-corrected chi connectivity index (χ1v) is 8.10. The predicted octanol–water partition coefficient (Wildman–Crippen LogP) is 3.61. The molecule has 116 valence electrons. The molecule has 0 aromatic heterocycles. The lowest BCUT2D eigenvalue weighted by molar-refractivity contribution is -0.190.